The minimum Gasteiger partial charge on any atom is -0.308 e. The SMILES string of the molecule is CC1NC2CCCCC2NC1C.Cl.Cl. The van der Waals surface area contributed by atoms with Gasteiger partial charge in [0.15, 0.2) is 0 Å². The standard InChI is InChI=1S/C10H20N2.2ClH/c1-7-8(2)12-10-6-4-3-5-9(10)11-7;;/h7-12H,3-6H2,1-2H3;2*1H. The highest BCUT2D eigenvalue weighted by Crippen LogP contribution is 2.22. The van der Waals surface area contributed by atoms with E-state index in [2.05, 4.69) is 24.5 Å². The van der Waals surface area contributed by atoms with Gasteiger partial charge in [0.25, 0.3) is 0 Å². The van der Waals surface area contributed by atoms with Gasteiger partial charge < -0.3 is 10.6 Å². The third-order valence-electron chi connectivity index (χ3n) is 3.47. The molecular weight excluding hydrogens is 219 g/mol. The molecule has 4 heteroatoms. The number of hydrogen-bond donors (Lipinski definition) is 2. The first-order valence-corrected chi connectivity index (χ1v) is 5.29. The number of halogens is 2. The van der Waals surface area contributed by atoms with Crippen LogP contribution in [-0.4, -0.2) is 24.2 Å². The molecule has 86 valence electrons. The molecule has 1 aliphatic carbocycles. The molecule has 4 atom stereocenters. The lowest BCUT2D eigenvalue weighted by Gasteiger charge is -2.43. The van der Waals surface area contributed by atoms with Crippen molar-refractivity contribution in [3.05, 3.63) is 0 Å². The Morgan fingerprint density at radius 2 is 1.14 bits per heavy atom. The molecule has 0 spiro atoms. The number of piperazine rings is 1. The van der Waals surface area contributed by atoms with Gasteiger partial charge in [-0.2, -0.15) is 0 Å². The Balaban J connectivity index is 0.000000845. The van der Waals surface area contributed by atoms with E-state index in [9.17, 15) is 0 Å². The molecule has 0 amide bonds. The van der Waals surface area contributed by atoms with Crippen molar-refractivity contribution in [2.75, 3.05) is 0 Å². The molecule has 1 heterocycles. The van der Waals surface area contributed by atoms with E-state index in [1.165, 1.54) is 25.7 Å². The van der Waals surface area contributed by atoms with Crippen LogP contribution in [0.2, 0.25) is 0 Å². The van der Waals surface area contributed by atoms with Gasteiger partial charge in [0, 0.05) is 24.2 Å². The quantitative estimate of drug-likeness (QED) is 0.678. The van der Waals surface area contributed by atoms with Crippen molar-refractivity contribution >= 4 is 24.8 Å². The van der Waals surface area contributed by atoms with Crippen LogP contribution in [0.4, 0.5) is 0 Å². The molecule has 2 N–H and O–H groups in total. The molecule has 0 aromatic rings. The lowest BCUT2D eigenvalue weighted by atomic mass is 9.86. The zero-order chi connectivity index (χ0) is 8.55. The van der Waals surface area contributed by atoms with E-state index in [1.54, 1.807) is 0 Å². The summed E-state index contributed by atoms with van der Waals surface area (Å²) in [6.45, 7) is 4.56. The van der Waals surface area contributed by atoms with Crippen LogP contribution in [0, 0.1) is 0 Å². The maximum absolute atomic E-state index is 3.71. The van der Waals surface area contributed by atoms with Crippen LogP contribution in [0.3, 0.4) is 0 Å². The molecule has 2 aliphatic rings. The summed E-state index contributed by atoms with van der Waals surface area (Å²) in [6, 6.07) is 2.79. The fourth-order valence-electron chi connectivity index (χ4n) is 2.49. The first kappa shape index (κ1) is 14.5. The van der Waals surface area contributed by atoms with Gasteiger partial charge in [0.2, 0.25) is 0 Å². The minimum absolute atomic E-state index is 0. The molecule has 0 radical (unpaired) electrons. The summed E-state index contributed by atoms with van der Waals surface area (Å²) in [4.78, 5) is 0. The molecular formula is C10H22Cl2N2. The Hall–Kier alpha value is 0.500. The van der Waals surface area contributed by atoms with Crippen molar-refractivity contribution in [1.29, 1.82) is 0 Å². The maximum Gasteiger partial charge on any atom is 0.0224 e. The fourth-order valence-corrected chi connectivity index (χ4v) is 2.49. The normalized spacial score (nSPS) is 41.6. The lowest BCUT2D eigenvalue weighted by molar-refractivity contribution is 0.183. The third kappa shape index (κ3) is 2.99. The van der Waals surface area contributed by atoms with Gasteiger partial charge in [0.05, 0.1) is 0 Å². The van der Waals surface area contributed by atoms with E-state index >= 15 is 0 Å². The molecule has 2 fully saturated rings. The van der Waals surface area contributed by atoms with Gasteiger partial charge in [-0.15, -0.1) is 24.8 Å². The zero-order valence-electron chi connectivity index (χ0n) is 8.95. The summed E-state index contributed by atoms with van der Waals surface area (Å²) in [5.74, 6) is 0. The van der Waals surface area contributed by atoms with Crippen LogP contribution in [0.25, 0.3) is 0 Å². The Morgan fingerprint density at radius 1 is 0.786 bits per heavy atom. The largest absolute Gasteiger partial charge is 0.308 e. The highest BCUT2D eigenvalue weighted by atomic mass is 35.5. The Kier molecular flexibility index (Phi) is 6.38. The minimum atomic E-state index is 0. The Labute approximate surface area is 99.4 Å². The predicted molar refractivity (Wildman–Crippen MR) is 65.7 cm³/mol. The van der Waals surface area contributed by atoms with Crippen molar-refractivity contribution in [2.24, 2.45) is 0 Å². The van der Waals surface area contributed by atoms with Gasteiger partial charge >= 0.3 is 0 Å². The molecule has 0 bridgehead atoms. The topological polar surface area (TPSA) is 24.1 Å². The fraction of sp³-hybridized carbons (Fsp3) is 1.00. The van der Waals surface area contributed by atoms with Crippen molar-refractivity contribution in [3.8, 4) is 0 Å². The van der Waals surface area contributed by atoms with Crippen LogP contribution >= 0.6 is 24.8 Å². The van der Waals surface area contributed by atoms with Crippen LogP contribution in [0.1, 0.15) is 39.5 Å². The molecule has 0 aromatic heterocycles. The first-order valence-electron chi connectivity index (χ1n) is 5.29. The summed E-state index contributed by atoms with van der Waals surface area (Å²) in [7, 11) is 0. The Morgan fingerprint density at radius 3 is 1.50 bits per heavy atom. The monoisotopic (exact) mass is 240 g/mol. The van der Waals surface area contributed by atoms with Gasteiger partial charge in [-0.3, -0.25) is 0 Å². The number of hydrogen-bond acceptors (Lipinski definition) is 2. The Bertz CT molecular complexity index is 148. The van der Waals surface area contributed by atoms with Crippen molar-refractivity contribution in [1.82, 2.24) is 10.6 Å². The van der Waals surface area contributed by atoms with Gasteiger partial charge in [-0.25, -0.2) is 0 Å². The van der Waals surface area contributed by atoms with Crippen molar-refractivity contribution in [3.63, 3.8) is 0 Å². The molecule has 1 aliphatic heterocycles. The summed E-state index contributed by atoms with van der Waals surface area (Å²) in [6.07, 6.45) is 5.57. The van der Waals surface area contributed by atoms with E-state index < -0.39 is 0 Å². The van der Waals surface area contributed by atoms with Crippen LogP contribution in [0.15, 0.2) is 0 Å². The van der Waals surface area contributed by atoms with E-state index in [4.69, 9.17) is 0 Å². The summed E-state index contributed by atoms with van der Waals surface area (Å²) < 4.78 is 0. The summed E-state index contributed by atoms with van der Waals surface area (Å²) in [5, 5.41) is 7.41. The zero-order valence-corrected chi connectivity index (χ0v) is 10.6. The molecule has 1 saturated heterocycles. The van der Waals surface area contributed by atoms with E-state index in [-0.39, 0.29) is 24.8 Å². The van der Waals surface area contributed by atoms with E-state index in [1.807, 2.05) is 0 Å². The highest BCUT2D eigenvalue weighted by Gasteiger charge is 2.32. The van der Waals surface area contributed by atoms with E-state index in [0.29, 0.717) is 12.1 Å². The van der Waals surface area contributed by atoms with Gasteiger partial charge in [0.1, 0.15) is 0 Å². The van der Waals surface area contributed by atoms with Crippen LogP contribution < -0.4 is 10.6 Å². The number of fused-ring (bicyclic) bond motifs is 1. The second-order valence-electron chi connectivity index (χ2n) is 4.41. The van der Waals surface area contributed by atoms with Crippen LogP contribution in [-0.2, 0) is 0 Å². The van der Waals surface area contributed by atoms with Crippen LogP contribution in [0.5, 0.6) is 0 Å². The molecule has 2 nitrogen and oxygen atoms in total. The average Bonchev–Trinajstić information content (AvgIpc) is 2.07. The molecule has 4 unspecified atom stereocenters. The van der Waals surface area contributed by atoms with Crippen molar-refractivity contribution in [2.45, 2.75) is 63.7 Å². The highest BCUT2D eigenvalue weighted by molar-refractivity contribution is 5.85. The smallest absolute Gasteiger partial charge is 0.0224 e. The lowest BCUT2D eigenvalue weighted by Crippen LogP contribution is -2.64. The summed E-state index contributed by atoms with van der Waals surface area (Å²) in [5.41, 5.74) is 0. The maximum atomic E-state index is 3.71. The van der Waals surface area contributed by atoms with E-state index in [0.717, 1.165) is 12.1 Å². The number of nitrogens with one attached hydrogen (secondary N) is 2. The van der Waals surface area contributed by atoms with Crippen molar-refractivity contribution < 1.29 is 0 Å². The first-order chi connectivity index (χ1) is 5.77. The third-order valence-corrected chi connectivity index (χ3v) is 3.47. The van der Waals surface area contributed by atoms with Gasteiger partial charge in [-0.1, -0.05) is 12.8 Å². The predicted octanol–water partition coefficient (Wildman–Crippen LogP) is 2.11. The summed E-state index contributed by atoms with van der Waals surface area (Å²) >= 11 is 0. The second-order valence-corrected chi connectivity index (χ2v) is 4.41. The average molecular weight is 241 g/mol. The molecule has 0 aromatic carbocycles. The van der Waals surface area contributed by atoms with Gasteiger partial charge in [-0.05, 0) is 26.7 Å². The number of rotatable bonds is 0. The molecule has 14 heavy (non-hydrogen) atoms. The molecule has 1 saturated carbocycles. The molecule has 2 rings (SSSR count). The second kappa shape index (κ2) is 6.16.